The Kier molecular flexibility index (Phi) is 4.37. The summed E-state index contributed by atoms with van der Waals surface area (Å²) in [6.45, 7) is 0. The molecule has 1 saturated carbocycles. The van der Waals surface area contributed by atoms with Crippen molar-refractivity contribution in [3.05, 3.63) is 41.7 Å². The van der Waals surface area contributed by atoms with Gasteiger partial charge in [0.25, 0.3) is 0 Å². The molecular weight excluding hydrogens is 292 g/mol. The summed E-state index contributed by atoms with van der Waals surface area (Å²) in [5.74, 6) is -0.558. The number of aliphatic imine (C=N–C) groups is 1. The largest absolute Gasteiger partial charge is 0.478 e. The molecule has 1 fully saturated rings. The number of aromatic nitrogens is 1. The SMILES string of the molecule is O=C(O)c1ccc(C2(C(=O)CC3CCCCC3)C=CC=N2)nc1. The number of nitrogens with zero attached hydrogens (tertiary/aromatic N) is 2. The first-order valence-electron chi connectivity index (χ1n) is 8.08. The fourth-order valence-electron chi connectivity index (χ4n) is 3.40. The predicted molar refractivity (Wildman–Crippen MR) is 86.7 cm³/mol. The Morgan fingerprint density at radius 1 is 1.22 bits per heavy atom. The number of pyridine rings is 1. The molecule has 5 heteroatoms. The van der Waals surface area contributed by atoms with E-state index in [0.717, 1.165) is 12.8 Å². The lowest BCUT2D eigenvalue weighted by atomic mass is 9.80. The standard InChI is InChI=1S/C18H20N2O3/c21-16(11-13-5-2-1-3-6-13)18(9-4-10-20-18)15-8-7-14(12-19-15)17(22)23/h4,7-10,12-13H,1-3,5-6,11H2,(H,22,23). The fraction of sp³-hybridized carbons (Fsp3) is 0.444. The number of Topliss-reactive ketones (excluding diaryl/α,β-unsaturated/α-hetero) is 1. The van der Waals surface area contributed by atoms with Crippen molar-refractivity contribution >= 4 is 18.0 Å². The molecule has 3 rings (SSSR count). The lowest BCUT2D eigenvalue weighted by molar-refractivity contribution is -0.124. The second-order valence-electron chi connectivity index (χ2n) is 6.27. The smallest absolute Gasteiger partial charge is 0.337 e. The van der Waals surface area contributed by atoms with Crippen molar-refractivity contribution in [2.75, 3.05) is 0 Å². The molecule has 1 aliphatic heterocycles. The van der Waals surface area contributed by atoms with Crippen molar-refractivity contribution < 1.29 is 14.7 Å². The Hall–Kier alpha value is -2.30. The van der Waals surface area contributed by atoms with Crippen molar-refractivity contribution in [1.82, 2.24) is 4.98 Å². The van der Waals surface area contributed by atoms with Crippen LogP contribution in [0.1, 0.15) is 54.6 Å². The maximum absolute atomic E-state index is 12.9. The van der Waals surface area contributed by atoms with Crippen molar-refractivity contribution in [2.45, 2.75) is 44.1 Å². The van der Waals surface area contributed by atoms with E-state index in [-0.39, 0.29) is 11.3 Å². The van der Waals surface area contributed by atoms with Crippen LogP contribution in [0.5, 0.6) is 0 Å². The van der Waals surface area contributed by atoms with Gasteiger partial charge in [-0.3, -0.25) is 14.8 Å². The molecule has 0 bridgehead atoms. The van der Waals surface area contributed by atoms with Gasteiger partial charge in [-0.25, -0.2) is 4.79 Å². The zero-order valence-corrected chi connectivity index (χ0v) is 12.9. The second-order valence-corrected chi connectivity index (χ2v) is 6.27. The van der Waals surface area contributed by atoms with Crippen LogP contribution < -0.4 is 0 Å². The molecule has 5 nitrogen and oxygen atoms in total. The fourth-order valence-corrected chi connectivity index (χ4v) is 3.40. The van der Waals surface area contributed by atoms with Crippen molar-refractivity contribution in [3.8, 4) is 0 Å². The van der Waals surface area contributed by atoms with Crippen LogP contribution in [-0.2, 0) is 10.3 Å². The van der Waals surface area contributed by atoms with E-state index < -0.39 is 11.5 Å². The Balaban J connectivity index is 1.84. The van der Waals surface area contributed by atoms with Crippen LogP contribution in [-0.4, -0.2) is 28.1 Å². The number of carbonyl (C=O) groups excluding carboxylic acids is 1. The molecule has 23 heavy (non-hydrogen) atoms. The first kappa shape index (κ1) is 15.6. The summed E-state index contributed by atoms with van der Waals surface area (Å²) in [5.41, 5.74) is -0.475. The highest BCUT2D eigenvalue weighted by atomic mass is 16.4. The topological polar surface area (TPSA) is 79.6 Å². The normalized spacial score (nSPS) is 24.0. The maximum atomic E-state index is 12.9. The molecule has 1 unspecified atom stereocenters. The molecule has 0 amide bonds. The molecule has 0 spiro atoms. The number of carboxylic acids is 1. The third kappa shape index (κ3) is 3.09. The highest BCUT2D eigenvalue weighted by Crippen LogP contribution is 2.35. The van der Waals surface area contributed by atoms with Crippen LogP contribution in [0.3, 0.4) is 0 Å². The van der Waals surface area contributed by atoms with E-state index in [9.17, 15) is 9.59 Å². The molecule has 1 N–H and O–H groups in total. The van der Waals surface area contributed by atoms with Crippen LogP contribution in [0.4, 0.5) is 0 Å². The van der Waals surface area contributed by atoms with Gasteiger partial charge in [0.1, 0.15) is 0 Å². The highest BCUT2D eigenvalue weighted by molar-refractivity contribution is 5.97. The van der Waals surface area contributed by atoms with Gasteiger partial charge in [-0.1, -0.05) is 32.1 Å². The lowest BCUT2D eigenvalue weighted by Crippen LogP contribution is -2.33. The van der Waals surface area contributed by atoms with E-state index in [0.29, 0.717) is 18.0 Å². The lowest BCUT2D eigenvalue weighted by Gasteiger charge is -2.27. The Morgan fingerprint density at radius 2 is 2.00 bits per heavy atom. The van der Waals surface area contributed by atoms with Gasteiger partial charge in [0.2, 0.25) is 0 Å². The van der Waals surface area contributed by atoms with E-state index in [1.165, 1.54) is 31.5 Å². The molecule has 1 aliphatic carbocycles. The minimum Gasteiger partial charge on any atom is -0.478 e. The quantitative estimate of drug-likeness (QED) is 0.905. The van der Waals surface area contributed by atoms with Crippen molar-refractivity contribution in [2.24, 2.45) is 10.9 Å². The molecule has 2 aliphatic rings. The molecule has 1 aromatic heterocycles. The van der Waals surface area contributed by atoms with E-state index in [2.05, 4.69) is 9.98 Å². The number of carbonyl (C=O) groups is 2. The van der Waals surface area contributed by atoms with Crippen molar-refractivity contribution in [3.63, 3.8) is 0 Å². The molecule has 1 atom stereocenters. The third-order valence-electron chi connectivity index (χ3n) is 4.73. The summed E-state index contributed by atoms with van der Waals surface area (Å²) in [6.07, 6.45) is 12.8. The van der Waals surface area contributed by atoms with Crippen LogP contribution in [0, 0.1) is 5.92 Å². The summed E-state index contributed by atoms with van der Waals surface area (Å²) in [6, 6.07) is 3.07. The van der Waals surface area contributed by atoms with E-state index in [1.807, 2.05) is 0 Å². The maximum Gasteiger partial charge on any atom is 0.337 e. The molecular formula is C18H20N2O3. The first-order chi connectivity index (χ1) is 11.1. The van der Waals surface area contributed by atoms with E-state index in [1.54, 1.807) is 24.4 Å². The summed E-state index contributed by atoms with van der Waals surface area (Å²) in [5, 5.41) is 8.98. The minimum atomic E-state index is -1.07. The van der Waals surface area contributed by atoms with Crippen LogP contribution in [0.2, 0.25) is 0 Å². The van der Waals surface area contributed by atoms with E-state index >= 15 is 0 Å². The van der Waals surface area contributed by atoms with Crippen LogP contribution >= 0.6 is 0 Å². The van der Waals surface area contributed by atoms with E-state index in [4.69, 9.17) is 5.11 Å². The van der Waals surface area contributed by atoms with Crippen LogP contribution in [0.15, 0.2) is 35.5 Å². The number of aromatic carboxylic acids is 1. The zero-order chi connectivity index (χ0) is 16.3. The predicted octanol–water partition coefficient (Wildman–Crippen LogP) is 3.16. The molecule has 0 radical (unpaired) electrons. The van der Waals surface area contributed by atoms with Gasteiger partial charge in [-0.15, -0.1) is 0 Å². The summed E-state index contributed by atoms with van der Waals surface area (Å²) < 4.78 is 0. The van der Waals surface area contributed by atoms with Crippen LogP contribution in [0.25, 0.3) is 0 Å². The molecule has 2 heterocycles. The molecule has 0 saturated heterocycles. The van der Waals surface area contributed by atoms with Gasteiger partial charge < -0.3 is 5.11 Å². The number of allylic oxidation sites excluding steroid dienone is 1. The third-order valence-corrected chi connectivity index (χ3v) is 4.73. The van der Waals surface area contributed by atoms with Gasteiger partial charge in [0.15, 0.2) is 11.3 Å². The second kappa shape index (κ2) is 6.44. The van der Waals surface area contributed by atoms with Gasteiger partial charge in [-0.05, 0) is 30.2 Å². The molecule has 120 valence electrons. The Labute approximate surface area is 135 Å². The number of hydrogen-bond donors (Lipinski definition) is 1. The first-order valence-corrected chi connectivity index (χ1v) is 8.08. The Bertz CT molecular complexity index is 643. The minimum absolute atomic E-state index is 0.0463. The number of ketones is 1. The summed E-state index contributed by atoms with van der Waals surface area (Å²) >= 11 is 0. The van der Waals surface area contributed by atoms with Gasteiger partial charge in [0, 0.05) is 18.8 Å². The Morgan fingerprint density at radius 3 is 2.57 bits per heavy atom. The summed E-state index contributed by atoms with van der Waals surface area (Å²) in [4.78, 5) is 32.5. The zero-order valence-electron chi connectivity index (χ0n) is 12.9. The highest BCUT2D eigenvalue weighted by Gasteiger charge is 2.40. The monoisotopic (exact) mass is 312 g/mol. The average Bonchev–Trinajstić information content (AvgIpc) is 3.07. The molecule has 0 aromatic carbocycles. The number of rotatable bonds is 5. The van der Waals surface area contributed by atoms with Gasteiger partial charge in [0.05, 0.1) is 11.3 Å². The van der Waals surface area contributed by atoms with Gasteiger partial charge >= 0.3 is 5.97 Å². The van der Waals surface area contributed by atoms with Crippen molar-refractivity contribution in [1.29, 1.82) is 0 Å². The van der Waals surface area contributed by atoms with Gasteiger partial charge in [-0.2, -0.15) is 0 Å². The molecule has 1 aromatic rings. The average molecular weight is 312 g/mol. The number of carboxylic acid groups (broad SMARTS) is 1. The summed E-state index contributed by atoms with van der Waals surface area (Å²) in [7, 11) is 0. The number of hydrogen-bond acceptors (Lipinski definition) is 4.